The fourth-order valence-electron chi connectivity index (χ4n) is 3.67. The molecule has 118 valence electrons. The summed E-state index contributed by atoms with van der Waals surface area (Å²) in [6.07, 6.45) is 11.5. The third kappa shape index (κ3) is 3.62. The summed E-state index contributed by atoms with van der Waals surface area (Å²) < 4.78 is 5.61. The van der Waals surface area contributed by atoms with Gasteiger partial charge in [0.2, 0.25) is 5.89 Å². The maximum Gasteiger partial charge on any atom is 0.246 e. The number of aromatic nitrogens is 2. The summed E-state index contributed by atoms with van der Waals surface area (Å²) in [7, 11) is 0. The third-order valence-corrected chi connectivity index (χ3v) is 6.17. The molecule has 1 N–H and O–H groups in total. The highest BCUT2D eigenvalue weighted by atomic mass is 32.2. The number of nitrogens with zero attached hydrogens (tertiary/aromatic N) is 2. The van der Waals surface area contributed by atoms with E-state index in [9.17, 15) is 0 Å². The summed E-state index contributed by atoms with van der Waals surface area (Å²) in [5, 5.41) is 8.63. The van der Waals surface area contributed by atoms with E-state index < -0.39 is 0 Å². The largest absolute Gasteiger partial charge is 0.337 e. The van der Waals surface area contributed by atoms with Crippen molar-refractivity contribution in [2.24, 2.45) is 0 Å². The average Bonchev–Trinajstić information content (AvgIpc) is 3.16. The molecule has 1 saturated heterocycles. The van der Waals surface area contributed by atoms with Crippen LogP contribution in [0, 0.1) is 0 Å². The van der Waals surface area contributed by atoms with E-state index in [2.05, 4.69) is 17.4 Å². The van der Waals surface area contributed by atoms with Crippen LogP contribution in [-0.2, 0) is 11.3 Å². The zero-order chi connectivity index (χ0) is 14.5. The van der Waals surface area contributed by atoms with Crippen molar-refractivity contribution in [3.8, 4) is 0 Å². The van der Waals surface area contributed by atoms with Crippen LogP contribution >= 0.6 is 11.8 Å². The molecule has 1 unspecified atom stereocenters. The van der Waals surface area contributed by atoms with Crippen LogP contribution in [0.2, 0.25) is 0 Å². The molecule has 0 aromatic carbocycles. The Morgan fingerprint density at radius 1 is 1.29 bits per heavy atom. The van der Waals surface area contributed by atoms with E-state index in [1.54, 1.807) is 0 Å². The number of hydrogen-bond donors (Lipinski definition) is 1. The number of thioether (sulfide) groups is 1. The quantitative estimate of drug-likeness (QED) is 0.860. The monoisotopic (exact) mass is 309 g/mol. The van der Waals surface area contributed by atoms with Gasteiger partial charge in [0.1, 0.15) is 0 Å². The van der Waals surface area contributed by atoms with E-state index >= 15 is 0 Å². The Morgan fingerprint density at radius 3 is 2.86 bits per heavy atom. The van der Waals surface area contributed by atoms with Gasteiger partial charge >= 0.3 is 0 Å². The molecular formula is C16H27N3OS. The van der Waals surface area contributed by atoms with Gasteiger partial charge in [-0.2, -0.15) is 16.7 Å². The average molecular weight is 309 g/mol. The molecule has 4 nitrogen and oxygen atoms in total. The second-order valence-electron chi connectivity index (χ2n) is 6.45. The molecule has 3 rings (SSSR count). The lowest BCUT2D eigenvalue weighted by atomic mass is 9.92. The predicted octanol–water partition coefficient (Wildman–Crippen LogP) is 4.01. The van der Waals surface area contributed by atoms with Gasteiger partial charge in [0.25, 0.3) is 0 Å². The van der Waals surface area contributed by atoms with Crippen LogP contribution in [0.4, 0.5) is 0 Å². The van der Waals surface area contributed by atoms with Gasteiger partial charge < -0.3 is 9.84 Å². The molecule has 1 aliphatic carbocycles. The maximum absolute atomic E-state index is 5.61. The predicted molar refractivity (Wildman–Crippen MR) is 86.3 cm³/mol. The lowest BCUT2D eigenvalue weighted by molar-refractivity contribution is 0.240. The van der Waals surface area contributed by atoms with E-state index in [-0.39, 0.29) is 5.54 Å². The highest BCUT2D eigenvalue weighted by Crippen LogP contribution is 2.35. The van der Waals surface area contributed by atoms with Crippen LogP contribution in [0.1, 0.15) is 76.4 Å². The molecule has 2 heterocycles. The Hall–Kier alpha value is -0.550. The third-order valence-electron chi connectivity index (χ3n) is 4.80. The van der Waals surface area contributed by atoms with E-state index in [4.69, 9.17) is 9.51 Å². The molecular weight excluding hydrogens is 282 g/mol. The van der Waals surface area contributed by atoms with Gasteiger partial charge in [-0.3, -0.25) is 0 Å². The highest BCUT2D eigenvalue weighted by molar-refractivity contribution is 7.99. The molecule has 1 saturated carbocycles. The summed E-state index contributed by atoms with van der Waals surface area (Å²) in [6, 6.07) is 0. The Morgan fingerprint density at radius 2 is 2.14 bits per heavy atom. The zero-order valence-electron chi connectivity index (χ0n) is 13.1. The van der Waals surface area contributed by atoms with Gasteiger partial charge in [0.05, 0.1) is 11.3 Å². The van der Waals surface area contributed by atoms with Crippen molar-refractivity contribution in [3.05, 3.63) is 11.7 Å². The Balaban J connectivity index is 1.59. The van der Waals surface area contributed by atoms with Crippen LogP contribution in [0.15, 0.2) is 4.52 Å². The van der Waals surface area contributed by atoms with Crippen LogP contribution in [0.3, 0.4) is 0 Å². The molecule has 0 bridgehead atoms. The fourth-order valence-corrected chi connectivity index (χ4v) is 4.84. The topological polar surface area (TPSA) is 51.0 Å². The van der Waals surface area contributed by atoms with Crippen molar-refractivity contribution in [2.75, 3.05) is 6.54 Å². The summed E-state index contributed by atoms with van der Waals surface area (Å²) in [5.74, 6) is 2.60. The number of nitrogens with one attached hydrogen (secondary N) is 1. The molecule has 5 heteroatoms. The van der Waals surface area contributed by atoms with Crippen molar-refractivity contribution in [3.63, 3.8) is 0 Å². The first-order valence-corrected chi connectivity index (χ1v) is 9.57. The molecule has 21 heavy (non-hydrogen) atoms. The van der Waals surface area contributed by atoms with Crippen molar-refractivity contribution in [1.29, 1.82) is 0 Å². The van der Waals surface area contributed by atoms with Gasteiger partial charge in [-0.1, -0.05) is 37.8 Å². The van der Waals surface area contributed by atoms with E-state index in [1.807, 2.05) is 11.8 Å². The smallest absolute Gasteiger partial charge is 0.246 e. The first kappa shape index (κ1) is 15.3. The Labute approximate surface area is 131 Å². The first-order valence-electron chi connectivity index (χ1n) is 8.52. The zero-order valence-corrected chi connectivity index (χ0v) is 13.9. The van der Waals surface area contributed by atoms with Gasteiger partial charge in [0.15, 0.2) is 5.82 Å². The lowest BCUT2D eigenvalue weighted by Crippen LogP contribution is -2.37. The van der Waals surface area contributed by atoms with Crippen molar-refractivity contribution < 1.29 is 4.52 Å². The van der Waals surface area contributed by atoms with Crippen LogP contribution in [0.25, 0.3) is 0 Å². The van der Waals surface area contributed by atoms with Gasteiger partial charge in [-0.15, -0.1) is 0 Å². The second-order valence-corrected chi connectivity index (χ2v) is 7.74. The molecule has 2 fully saturated rings. The van der Waals surface area contributed by atoms with Gasteiger partial charge in [-0.25, -0.2) is 0 Å². The number of hydrogen-bond acceptors (Lipinski definition) is 5. The van der Waals surface area contributed by atoms with Gasteiger partial charge in [-0.05, 0) is 38.6 Å². The summed E-state index contributed by atoms with van der Waals surface area (Å²) in [6.45, 7) is 3.28. The fraction of sp³-hybridized carbons (Fsp3) is 0.875. The van der Waals surface area contributed by atoms with E-state index in [0.717, 1.165) is 48.5 Å². The molecule has 1 aliphatic heterocycles. The van der Waals surface area contributed by atoms with E-state index in [0.29, 0.717) is 0 Å². The van der Waals surface area contributed by atoms with Crippen LogP contribution in [0.5, 0.6) is 0 Å². The van der Waals surface area contributed by atoms with Crippen molar-refractivity contribution in [2.45, 2.75) is 81.3 Å². The normalized spacial score (nSPS) is 27.3. The maximum atomic E-state index is 5.61. The number of rotatable bonds is 6. The minimum Gasteiger partial charge on any atom is -0.337 e. The SMILES string of the molecule is CCCC1(c2nc(CSC3CCCCC3)no2)CCCN1. The first-order chi connectivity index (χ1) is 10.3. The van der Waals surface area contributed by atoms with Crippen LogP contribution in [-0.4, -0.2) is 21.9 Å². The Bertz CT molecular complexity index is 436. The molecule has 0 amide bonds. The lowest BCUT2D eigenvalue weighted by Gasteiger charge is -2.24. The molecule has 2 aliphatic rings. The standard InChI is InChI=1S/C16H27N3OS/c1-2-9-16(10-6-11-17-16)15-18-14(19-20-15)12-21-13-7-4-3-5-8-13/h13,17H,2-12H2,1H3. The summed E-state index contributed by atoms with van der Waals surface area (Å²) in [4.78, 5) is 4.71. The van der Waals surface area contributed by atoms with Crippen molar-refractivity contribution >= 4 is 11.8 Å². The summed E-state index contributed by atoms with van der Waals surface area (Å²) in [5.41, 5.74) is -0.0461. The van der Waals surface area contributed by atoms with Crippen molar-refractivity contribution in [1.82, 2.24) is 15.5 Å². The molecule has 1 aromatic rings. The minimum atomic E-state index is -0.0461. The molecule has 0 spiro atoms. The Kier molecular flexibility index (Phi) is 5.22. The molecule has 0 radical (unpaired) electrons. The minimum absolute atomic E-state index is 0.0461. The molecule has 1 aromatic heterocycles. The van der Waals surface area contributed by atoms with Gasteiger partial charge in [0, 0.05) is 5.25 Å². The van der Waals surface area contributed by atoms with Crippen LogP contribution < -0.4 is 5.32 Å². The van der Waals surface area contributed by atoms with E-state index in [1.165, 1.54) is 38.5 Å². The second kappa shape index (κ2) is 7.14. The highest BCUT2D eigenvalue weighted by Gasteiger charge is 2.39. The molecule has 1 atom stereocenters. The summed E-state index contributed by atoms with van der Waals surface area (Å²) >= 11 is 2.01.